The van der Waals surface area contributed by atoms with E-state index in [-0.39, 0.29) is 5.56 Å². The third-order valence-electron chi connectivity index (χ3n) is 4.45. The molecule has 0 fully saturated rings. The van der Waals surface area contributed by atoms with Gasteiger partial charge in [0.15, 0.2) is 0 Å². The number of aryl methyl sites for hydroxylation is 4. The highest BCUT2D eigenvalue weighted by Crippen LogP contribution is 2.26. The van der Waals surface area contributed by atoms with Crippen molar-refractivity contribution in [3.05, 3.63) is 75.7 Å². The van der Waals surface area contributed by atoms with E-state index in [0.717, 1.165) is 42.1 Å². The summed E-state index contributed by atoms with van der Waals surface area (Å²) in [5.41, 5.74) is 3.72. The van der Waals surface area contributed by atoms with Crippen LogP contribution in [0.15, 0.2) is 53.3 Å². The summed E-state index contributed by atoms with van der Waals surface area (Å²) in [6.45, 7) is 0.681. The molecule has 1 aliphatic carbocycles. The molecule has 1 aliphatic rings. The average molecular weight is 290 g/mol. The van der Waals surface area contributed by atoms with Crippen LogP contribution in [0.4, 0.5) is 0 Å². The van der Waals surface area contributed by atoms with Gasteiger partial charge in [0.25, 0.3) is 5.56 Å². The zero-order valence-corrected chi connectivity index (χ0v) is 12.5. The van der Waals surface area contributed by atoms with E-state index in [0.29, 0.717) is 6.54 Å². The Kier molecular flexibility index (Phi) is 3.26. The molecule has 1 aromatic heterocycles. The van der Waals surface area contributed by atoms with Gasteiger partial charge >= 0.3 is 0 Å². The third kappa shape index (κ3) is 2.23. The van der Waals surface area contributed by atoms with Crippen molar-refractivity contribution in [2.45, 2.75) is 32.2 Å². The van der Waals surface area contributed by atoms with E-state index in [1.165, 1.54) is 11.1 Å². The molecule has 4 rings (SSSR count). The standard InChI is InChI=1S/C19H18N2O/c22-19-16-10-4-9-15-11-12-17(18(15)16)20-21(19)13-5-8-14-6-2-1-3-7-14/h1-4,6-7,9-10H,5,8,11-13H2. The number of nitrogens with zero attached hydrogens (tertiary/aromatic N) is 2. The Morgan fingerprint density at radius 1 is 1.00 bits per heavy atom. The number of rotatable bonds is 4. The van der Waals surface area contributed by atoms with Crippen LogP contribution in [0.25, 0.3) is 10.8 Å². The molecule has 0 amide bonds. The van der Waals surface area contributed by atoms with Gasteiger partial charge in [-0.15, -0.1) is 0 Å². The summed E-state index contributed by atoms with van der Waals surface area (Å²) in [5.74, 6) is 0. The lowest BCUT2D eigenvalue weighted by atomic mass is 10.1. The zero-order chi connectivity index (χ0) is 14.9. The van der Waals surface area contributed by atoms with E-state index in [9.17, 15) is 4.79 Å². The lowest BCUT2D eigenvalue weighted by molar-refractivity contribution is 0.545. The SMILES string of the molecule is O=c1c2cccc3c2c(nn1CCCc1ccccc1)CC3. The molecule has 0 saturated carbocycles. The second kappa shape index (κ2) is 5.41. The van der Waals surface area contributed by atoms with Gasteiger partial charge in [-0.1, -0.05) is 42.5 Å². The zero-order valence-electron chi connectivity index (χ0n) is 12.5. The van der Waals surface area contributed by atoms with Crippen molar-refractivity contribution in [3.63, 3.8) is 0 Å². The van der Waals surface area contributed by atoms with Crippen LogP contribution in [0.5, 0.6) is 0 Å². The van der Waals surface area contributed by atoms with Crippen molar-refractivity contribution in [1.82, 2.24) is 9.78 Å². The summed E-state index contributed by atoms with van der Waals surface area (Å²) in [5, 5.41) is 6.54. The van der Waals surface area contributed by atoms with Gasteiger partial charge in [0.05, 0.1) is 11.1 Å². The first-order chi connectivity index (χ1) is 10.8. The van der Waals surface area contributed by atoms with Crippen LogP contribution in [0.1, 0.15) is 23.2 Å². The molecular weight excluding hydrogens is 272 g/mol. The minimum atomic E-state index is 0.0514. The molecule has 110 valence electrons. The van der Waals surface area contributed by atoms with Crippen molar-refractivity contribution >= 4 is 10.8 Å². The number of hydrogen-bond acceptors (Lipinski definition) is 2. The molecule has 0 saturated heterocycles. The fourth-order valence-corrected chi connectivity index (χ4v) is 3.36. The highest BCUT2D eigenvalue weighted by molar-refractivity contribution is 5.88. The molecule has 0 spiro atoms. The van der Waals surface area contributed by atoms with Crippen LogP contribution >= 0.6 is 0 Å². The van der Waals surface area contributed by atoms with Gasteiger partial charge in [0, 0.05) is 11.9 Å². The second-order valence-electron chi connectivity index (χ2n) is 5.90. The summed E-state index contributed by atoms with van der Waals surface area (Å²) >= 11 is 0. The third-order valence-corrected chi connectivity index (χ3v) is 4.45. The van der Waals surface area contributed by atoms with Crippen LogP contribution in [0.2, 0.25) is 0 Å². The van der Waals surface area contributed by atoms with E-state index >= 15 is 0 Å². The number of hydrogen-bond donors (Lipinski definition) is 0. The molecular formula is C19H18N2O. The van der Waals surface area contributed by atoms with Crippen molar-refractivity contribution in [3.8, 4) is 0 Å². The van der Waals surface area contributed by atoms with Gasteiger partial charge in [-0.25, -0.2) is 4.68 Å². The summed E-state index contributed by atoms with van der Waals surface area (Å²) < 4.78 is 1.66. The molecule has 3 nitrogen and oxygen atoms in total. The molecule has 0 unspecified atom stereocenters. The molecule has 0 bridgehead atoms. The van der Waals surface area contributed by atoms with Crippen molar-refractivity contribution < 1.29 is 0 Å². The maximum Gasteiger partial charge on any atom is 0.274 e. The van der Waals surface area contributed by atoms with Crippen LogP contribution in [-0.2, 0) is 25.8 Å². The largest absolute Gasteiger partial charge is 0.274 e. The summed E-state index contributed by atoms with van der Waals surface area (Å²) in [6.07, 6.45) is 3.87. The van der Waals surface area contributed by atoms with Crippen molar-refractivity contribution in [1.29, 1.82) is 0 Å². The Morgan fingerprint density at radius 3 is 2.73 bits per heavy atom. The van der Waals surface area contributed by atoms with Gasteiger partial charge in [-0.2, -0.15) is 5.10 Å². The molecule has 0 N–H and O–H groups in total. The number of aromatic nitrogens is 2. The maximum atomic E-state index is 12.6. The first-order valence-corrected chi connectivity index (χ1v) is 7.88. The quantitative estimate of drug-likeness (QED) is 0.740. The normalized spacial score (nSPS) is 12.9. The topological polar surface area (TPSA) is 34.9 Å². The Hall–Kier alpha value is -2.42. The van der Waals surface area contributed by atoms with Gasteiger partial charge < -0.3 is 0 Å². The van der Waals surface area contributed by atoms with E-state index in [2.05, 4.69) is 35.4 Å². The minimum Gasteiger partial charge on any atom is -0.267 e. The molecule has 2 aromatic carbocycles. The molecule has 3 aromatic rings. The Bertz CT molecular complexity index is 881. The molecule has 0 aliphatic heterocycles. The van der Waals surface area contributed by atoms with Gasteiger partial charge in [0.1, 0.15) is 0 Å². The lowest BCUT2D eigenvalue weighted by Crippen LogP contribution is -2.24. The smallest absolute Gasteiger partial charge is 0.267 e. The fourth-order valence-electron chi connectivity index (χ4n) is 3.36. The average Bonchev–Trinajstić information content (AvgIpc) is 2.97. The Labute approximate surface area is 129 Å². The summed E-state index contributed by atoms with van der Waals surface area (Å²) in [6, 6.07) is 16.4. The fraction of sp³-hybridized carbons (Fsp3) is 0.263. The molecule has 3 heteroatoms. The molecule has 0 radical (unpaired) electrons. The van der Waals surface area contributed by atoms with Crippen LogP contribution in [0, 0.1) is 0 Å². The van der Waals surface area contributed by atoms with Gasteiger partial charge in [-0.05, 0) is 42.9 Å². The monoisotopic (exact) mass is 290 g/mol. The first-order valence-electron chi connectivity index (χ1n) is 7.88. The summed E-state index contributed by atoms with van der Waals surface area (Å²) in [4.78, 5) is 12.6. The lowest BCUT2D eigenvalue weighted by Gasteiger charge is -2.08. The highest BCUT2D eigenvalue weighted by atomic mass is 16.1. The maximum absolute atomic E-state index is 12.6. The predicted octanol–water partition coefficient (Wildman–Crippen LogP) is 3.13. The van der Waals surface area contributed by atoms with Crippen molar-refractivity contribution in [2.24, 2.45) is 0 Å². The van der Waals surface area contributed by atoms with Crippen molar-refractivity contribution in [2.75, 3.05) is 0 Å². The first kappa shape index (κ1) is 13.3. The van der Waals surface area contributed by atoms with E-state index in [1.807, 2.05) is 18.2 Å². The van der Waals surface area contributed by atoms with E-state index < -0.39 is 0 Å². The Morgan fingerprint density at radius 2 is 1.86 bits per heavy atom. The highest BCUT2D eigenvalue weighted by Gasteiger charge is 2.18. The minimum absolute atomic E-state index is 0.0514. The Balaban J connectivity index is 1.61. The molecule has 0 atom stereocenters. The molecule has 22 heavy (non-hydrogen) atoms. The van der Waals surface area contributed by atoms with E-state index in [4.69, 9.17) is 0 Å². The van der Waals surface area contributed by atoms with Crippen LogP contribution in [0.3, 0.4) is 0 Å². The van der Waals surface area contributed by atoms with Crippen LogP contribution in [-0.4, -0.2) is 9.78 Å². The summed E-state index contributed by atoms with van der Waals surface area (Å²) in [7, 11) is 0. The molecule has 1 heterocycles. The second-order valence-corrected chi connectivity index (χ2v) is 5.90. The predicted molar refractivity (Wildman–Crippen MR) is 88.2 cm³/mol. The van der Waals surface area contributed by atoms with E-state index in [1.54, 1.807) is 4.68 Å². The number of benzene rings is 2. The van der Waals surface area contributed by atoms with Crippen LogP contribution < -0.4 is 5.56 Å². The van der Waals surface area contributed by atoms with Gasteiger partial charge in [0.2, 0.25) is 0 Å². The van der Waals surface area contributed by atoms with Gasteiger partial charge in [-0.3, -0.25) is 4.79 Å².